The largest absolute Gasteiger partial charge is 0.511 e. The summed E-state index contributed by atoms with van der Waals surface area (Å²) in [5, 5.41) is 12.8. The predicted molar refractivity (Wildman–Crippen MR) is 123 cm³/mol. The van der Waals surface area contributed by atoms with Gasteiger partial charge in [-0.1, -0.05) is 36.9 Å². The highest BCUT2D eigenvalue weighted by atomic mass is 19.1. The van der Waals surface area contributed by atoms with Gasteiger partial charge in [-0.2, -0.15) is 0 Å². The molecule has 30 heavy (non-hydrogen) atoms. The highest BCUT2D eigenvalue weighted by Gasteiger charge is 2.12. The Morgan fingerprint density at radius 2 is 1.77 bits per heavy atom. The van der Waals surface area contributed by atoms with Gasteiger partial charge < -0.3 is 19.9 Å². The molecule has 2 N–H and O–H groups in total. The van der Waals surface area contributed by atoms with Crippen molar-refractivity contribution in [3.63, 3.8) is 0 Å². The van der Waals surface area contributed by atoms with Gasteiger partial charge in [0.1, 0.15) is 17.3 Å². The summed E-state index contributed by atoms with van der Waals surface area (Å²) >= 11 is 0. The van der Waals surface area contributed by atoms with Crippen LogP contribution in [0.3, 0.4) is 0 Å². The molecule has 0 bridgehead atoms. The Bertz CT molecular complexity index is 810. The zero-order valence-corrected chi connectivity index (χ0v) is 18.7. The van der Waals surface area contributed by atoms with E-state index in [0.717, 1.165) is 11.1 Å². The van der Waals surface area contributed by atoms with Gasteiger partial charge in [-0.05, 0) is 56.5 Å². The molecule has 0 aliphatic heterocycles. The second kappa shape index (κ2) is 12.2. The topological polar surface area (TPSA) is 50.7 Å². The molecule has 0 saturated carbocycles. The van der Waals surface area contributed by atoms with E-state index in [1.54, 1.807) is 26.4 Å². The minimum atomic E-state index is -0.305. The van der Waals surface area contributed by atoms with E-state index in [4.69, 9.17) is 9.47 Å². The lowest BCUT2D eigenvalue weighted by molar-refractivity contribution is 0.0397. The zero-order valence-electron chi connectivity index (χ0n) is 18.7. The lowest BCUT2D eigenvalue weighted by Crippen LogP contribution is -2.32. The first-order chi connectivity index (χ1) is 14.1. The van der Waals surface area contributed by atoms with Gasteiger partial charge in [-0.25, -0.2) is 4.39 Å². The molecule has 0 radical (unpaired) electrons. The minimum Gasteiger partial charge on any atom is -0.511 e. The summed E-state index contributed by atoms with van der Waals surface area (Å²) in [7, 11) is 3.27. The molecule has 1 atom stereocenters. The minimum absolute atomic E-state index is 0.0417. The van der Waals surface area contributed by atoms with Crippen LogP contribution < -0.4 is 10.1 Å². The van der Waals surface area contributed by atoms with Gasteiger partial charge >= 0.3 is 0 Å². The first kappa shape index (κ1) is 25.4. The van der Waals surface area contributed by atoms with Crippen LogP contribution in [0.1, 0.15) is 26.3 Å². The van der Waals surface area contributed by atoms with Crippen LogP contribution >= 0.6 is 0 Å². The normalized spacial score (nSPS) is 11.8. The summed E-state index contributed by atoms with van der Waals surface area (Å²) < 4.78 is 23.8. The average Bonchev–Trinajstić information content (AvgIpc) is 2.71. The van der Waals surface area contributed by atoms with Crippen LogP contribution in [0.25, 0.3) is 11.1 Å². The van der Waals surface area contributed by atoms with Crippen molar-refractivity contribution >= 4 is 0 Å². The Labute approximate surface area is 180 Å². The van der Waals surface area contributed by atoms with Gasteiger partial charge in [-0.3, -0.25) is 0 Å². The molecule has 1 unspecified atom stereocenters. The Kier molecular flexibility index (Phi) is 10.3. The van der Waals surface area contributed by atoms with E-state index in [9.17, 15) is 9.50 Å². The zero-order chi connectivity index (χ0) is 22.7. The van der Waals surface area contributed by atoms with Crippen LogP contribution in [0.15, 0.2) is 67.5 Å². The van der Waals surface area contributed by atoms with E-state index in [1.165, 1.54) is 12.1 Å². The fourth-order valence-electron chi connectivity index (χ4n) is 2.50. The molecule has 0 amide bonds. The van der Waals surface area contributed by atoms with Gasteiger partial charge in [0, 0.05) is 19.2 Å². The van der Waals surface area contributed by atoms with Crippen LogP contribution in [0.2, 0.25) is 0 Å². The number of hydrogen-bond donors (Lipinski definition) is 2. The molecule has 2 aromatic rings. The number of methoxy groups -OCH3 is 2. The number of hydrogen-bond acceptors (Lipinski definition) is 4. The average molecular weight is 416 g/mol. The highest BCUT2D eigenvalue weighted by molar-refractivity contribution is 5.70. The van der Waals surface area contributed by atoms with Gasteiger partial charge in [-0.15, -0.1) is 6.58 Å². The number of ether oxygens (including phenoxy) is 2. The van der Waals surface area contributed by atoms with Crippen molar-refractivity contribution in [2.75, 3.05) is 20.8 Å². The highest BCUT2D eigenvalue weighted by Crippen LogP contribution is 2.30. The molecule has 0 heterocycles. The molecule has 0 aliphatic rings. The molecule has 5 heteroatoms. The fourth-order valence-corrected chi connectivity index (χ4v) is 2.50. The Morgan fingerprint density at radius 1 is 1.17 bits per heavy atom. The van der Waals surface area contributed by atoms with E-state index in [0.29, 0.717) is 24.3 Å². The van der Waals surface area contributed by atoms with Crippen LogP contribution in [0.5, 0.6) is 5.75 Å². The van der Waals surface area contributed by atoms with Crippen molar-refractivity contribution in [2.45, 2.75) is 38.8 Å². The third-order valence-corrected chi connectivity index (χ3v) is 4.39. The molecule has 4 nitrogen and oxygen atoms in total. The first-order valence-corrected chi connectivity index (χ1v) is 9.81. The Balaban J connectivity index is 0.000000656. The summed E-state index contributed by atoms with van der Waals surface area (Å²) in [6.07, 6.45) is 2.33. The molecule has 0 saturated heterocycles. The molecule has 2 rings (SSSR count). The van der Waals surface area contributed by atoms with Crippen molar-refractivity contribution in [1.29, 1.82) is 0 Å². The molecular weight excluding hydrogens is 381 g/mol. The Hall–Kier alpha value is -2.63. The fraction of sp³-hybridized carbons (Fsp3) is 0.360. The predicted octanol–water partition coefficient (Wildman–Crippen LogP) is 5.69. The van der Waals surface area contributed by atoms with Gasteiger partial charge in [0.2, 0.25) is 0 Å². The maximum absolute atomic E-state index is 13.5. The Morgan fingerprint density at radius 3 is 2.23 bits per heavy atom. The number of aliphatic hydroxyl groups is 1. The van der Waals surface area contributed by atoms with Crippen molar-refractivity contribution < 1.29 is 19.0 Å². The summed E-state index contributed by atoms with van der Waals surface area (Å²) in [5.41, 5.74) is 2.65. The lowest BCUT2D eigenvalue weighted by atomic mass is 9.99. The van der Waals surface area contributed by atoms with E-state index in [-0.39, 0.29) is 23.2 Å². The third-order valence-electron chi connectivity index (χ3n) is 4.39. The quantitative estimate of drug-likeness (QED) is 0.429. The molecule has 0 aromatic heterocycles. The number of rotatable bonds is 8. The smallest absolute Gasteiger partial charge is 0.126 e. The summed E-state index contributed by atoms with van der Waals surface area (Å²) in [4.78, 5) is 0. The van der Waals surface area contributed by atoms with E-state index in [2.05, 4.69) is 18.5 Å². The van der Waals surface area contributed by atoms with Crippen molar-refractivity contribution in [3.05, 3.63) is 78.8 Å². The van der Waals surface area contributed by atoms with E-state index in [1.807, 2.05) is 45.0 Å². The maximum atomic E-state index is 13.5. The SMILES string of the molecule is C=CCNC(Cc1ccc(-c2cc(F)ccc2OC)cc1)C(=C)O.COC(C)(C)C. The van der Waals surface area contributed by atoms with Crippen LogP contribution in [0.4, 0.5) is 4.39 Å². The molecular formula is C25H34FNO3. The van der Waals surface area contributed by atoms with E-state index < -0.39 is 0 Å². The molecule has 164 valence electrons. The second-order valence-electron chi connectivity index (χ2n) is 7.80. The molecule has 2 aromatic carbocycles. The van der Waals surface area contributed by atoms with Gasteiger partial charge in [0.05, 0.1) is 18.8 Å². The third kappa shape index (κ3) is 8.80. The van der Waals surface area contributed by atoms with Crippen molar-refractivity contribution in [1.82, 2.24) is 5.32 Å². The number of nitrogens with one attached hydrogen (secondary N) is 1. The van der Waals surface area contributed by atoms with Crippen LogP contribution in [0, 0.1) is 5.82 Å². The van der Waals surface area contributed by atoms with Crippen molar-refractivity contribution in [2.24, 2.45) is 0 Å². The first-order valence-electron chi connectivity index (χ1n) is 9.81. The number of halogens is 1. The molecule has 0 aliphatic carbocycles. The second-order valence-corrected chi connectivity index (χ2v) is 7.80. The standard InChI is InChI=1S/C20H22FNO2.C5H12O/c1-4-11-22-19(14(2)23)12-15-5-7-16(8-6-15)18-13-17(21)9-10-20(18)24-3;1-5(2,3)6-4/h4-10,13,19,22-23H,1-2,11-12H2,3H3;1-4H3. The van der Waals surface area contributed by atoms with E-state index >= 15 is 0 Å². The summed E-state index contributed by atoms with van der Waals surface area (Å²) in [6.45, 7) is 13.9. The summed E-state index contributed by atoms with van der Waals surface area (Å²) in [6, 6.07) is 11.9. The number of aliphatic hydroxyl groups excluding tert-OH is 1. The molecule has 0 fully saturated rings. The monoisotopic (exact) mass is 415 g/mol. The maximum Gasteiger partial charge on any atom is 0.126 e. The van der Waals surface area contributed by atoms with Gasteiger partial charge in [0.25, 0.3) is 0 Å². The lowest BCUT2D eigenvalue weighted by Gasteiger charge is -2.17. The summed E-state index contributed by atoms with van der Waals surface area (Å²) in [5.74, 6) is 0.409. The number of benzene rings is 2. The molecule has 0 spiro atoms. The van der Waals surface area contributed by atoms with Gasteiger partial charge in [0.15, 0.2) is 0 Å². The van der Waals surface area contributed by atoms with Crippen LogP contribution in [-0.4, -0.2) is 37.5 Å². The van der Waals surface area contributed by atoms with Crippen molar-refractivity contribution in [3.8, 4) is 16.9 Å². The van der Waals surface area contributed by atoms with Crippen LogP contribution in [-0.2, 0) is 11.2 Å².